The highest BCUT2D eigenvalue weighted by Crippen LogP contribution is 2.57. The normalized spacial score (nSPS) is 26.3. The molecule has 0 saturated carbocycles. The number of rotatable bonds is 1. The molecule has 1 aromatic carbocycles. The monoisotopic (exact) mass is 390 g/mol. The van der Waals surface area contributed by atoms with Crippen LogP contribution in [0.4, 0.5) is 0 Å². The summed E-state index contributed by atoms with van der Waals surface area (Å²) in [6.07, 6.45) is 3.62. The van der Waals surface area contributed by atoms with E-state index in [0.29, 0.717) is 16.5 Å². The summed E-state index contributed by atoms with van der Waals surface area (Å²) in [5.41, 5.74) is 6.89. The fourth-order valence-electron chi connectivity index (χ4n) is 4.60. The third-order valence-corrected chi connectivity index (χ3v) is 6.56. The molecule has 28 heavy (non-hydrogen) atoms. The summed E-state index contributed by atoms with van der Waals surface area (Å²) >= 11 is 6.06. The molecule has 2 aliphatic rings. The van der Waals surface area contributed by atoms with Crippen LogP contribution in [0.25, 0.3) is 0 Å². The Hall–Kier alpha value is -2.74. The lowest BCUT2D eigenvalue weighted by Gasteiger charge is -2.46. The maximum Gasteiger partial charge on any atom is 0.204 e. The molecule has 0 saturated heterocycles. The van der Waals surface area contributed by atoms with E-state index in [2.05, 4.69) is 39.0 Å². The van der Waals surface area contributed by atoms with Crippen molar-refractivity contribution in [3.05, 3.63) is 57.8 Å². The number of allylic oxidation sites excluding steroid dienone is 3. The van der Waals surface area contributed by atoms with E-state index in [0.717, 1.165) is 24.0 Å². The topological polar surface area (TPSA) is 97.4 Å². The van der Waals surface area contributed by atoms with Gasteiger partial charge in [-0.1, -0.05) is 50.6 Å². The molecule has 0 unspecified atom stereocenters. The molecule has 2 N–H and O–H groups in total. The molecule has 0 amide bonds. The van der Waals surface area contributed by atoms with Crippen molar-refractivity contribution in [2.45, 2.75) is 39.5 Å². The van der Waals surface area contributed by atoms with Crippen LogP contribution in [0.2, 0.25) is 5.02 Å². The molecule has 0 radical (unpaired) electrons. The number of nitriles is 3. The lowest BCUT2D eigenvalue weighted by Crippen LogP contribution is -2.43. The van der Waals surface area contributed by atoms with E-state index < -0.39 is 5.41 Å². The fourth-order valence-corrected chi connectivity index (χ4v) is 4.73. The molecule has 142 valence electrons. The van der Waals surface area contributed by atoms with E-state index in [1.54, 1.807) is 12.1 Å². The molecule has 3 atom stereocenters. The Labute approximate surface area is 171 Å². The molecule has 0 heterocycles. The minimum absolute atomic E-state index is 0.0664. The van der Waals surface area contributed by atoms with Crippen molar-refractivity contribution in [1.82, 2.24) is 0 Å². The van der Waals surface area contributed by atoms with E-state index in [1.165, 1.54) is 0 Å². The molecule has 0 fully saturated rings. The van der Waals surface area contributed by atoms with Crippen molar-refractivity contribution in [2.24, 2.45) is 28.4 Å². The zero-order chi connectivity index (χ0) is 20.7. The average Bonchev–Trinajstić information content (AvgIpc) is 2.67. The van der Waals surface area contributed by atoms with Crippen LogP contribution in [0.1, 0.15) is 45.1 Å². The molecule has 5 heteroatoms. The fraction of sp³-hybridized carbons (Fsp3) is 0.435. The first-order valence-electron chi connectivity index (χ1n) is 9.38. The maximum atomic E-state index is 9.93. The summed E-state index contributed by atoms with van der Waals surface area (Å²) in [6.45, 7) is 6.61. The molecule has 2 aliphatic carbocycles. The summed E-state index contributed by atoms with van der Waals surface area (Å²) in [4.78, 5) is 0. The van der Waals surface area contributed by atoms with Gasteiger partial charge in [0.15, 0.2) is 0 Å². The van der Waals surface area contributed by atoms with Gasteiger partial charge in [0.05, 0.1) is 29.5 Å². The number of halogens is 1. The lowest BCUT2D eigenvalue weighted by molar-refractivity contribution is 0.180. The van der Waals surface area contributed by atoms with Crippen LogP contribution in [-0.2, 0) is 0 Å². The van der Waals surface area contributed by atoms with E-state index in [4.69, 9.17) is 17.3 Å². The average molecular weight is 391 g/mol. The van der Waals surface area contributed by atoms with Crippen LogP contribution in [-0.4, -0.2) is 0 Å². The molecule has 0 aromatic heterocycles. The number of benzene rings is 1. The summed E-state index contributed by atoms with van der Waals surface area (Å²) in [6, 6.07) is 13.9. The van der Waals surface area contributed by atoms with Crippen LogP contribution in [0.15, 0.2) is 47.2 Å². The van der Waals surface area contributed by atoms with Gasteiger partial charge in [-0.3, -0.25) is 0 Å². The van der Waals surface area contributed by atoms with Crippen LogP contribution in [0, 0.1) is 56.7 Å². The van der Waals surface area contributed by atoms with Crippen molar-refractivity contribution in [3.8, 4) is 18.2 Å². The largest absolute Gasteiger partial charge is 0.399 e. The highest BCUT2D eigenvalue weighted by molar-refractivity contribution is 6.30. The highest BCUT2D eigenvalue weighted by atomic mass is 35.5. The molecule has 0 spiro atoms. The Morgan fingerprint density at radius 2 is 1.71 bits per heavy atom. The van der Waals surface area contributed by atoms with Gasteiger partial charge in [-0.05, 0) is 53.4 Å². The van der Waals surface area contributed by atoms with E-state index in [-0.39, 0.29) is 22.9 Å². The van der Waals surface area contributed by atoms with Gasteiger partial charge in [-0.15, -0.1) is 0 Å². The number of nitrogens with two attached hydrogens (primary N) is 1. The maximum absolute atomic E-state index is 9.93. The minimum atomic E-state index is -1.57. The Morgan fingerprint density at radius 1 is 1.11 bits per heavy atom. The third kappa shape index (κ3) is 2.97. The highest BCUT2D eigenvalue weighted by Gasteiger charge is 2.53. The van der Waals surface area contributed by atoms with Gasteiger partial charge in [-0.25, -0.2) is 0 Å². The second kappa shape index (κ2) is 7.01. The second-order valence-electron chi connectivity index (χ2n) is 8.74. The van der Waals surface area contributed by atoms with Gasteiger partial charge in [0.2, 0.25) is 5.41 Å². The van der Waals surface area contributed by atoms with Crippen LogP contribution < -0.4 is 5.73 Å². The number of nitrogens with zero attached hydrogens (tertiary/aromatic N) is 3. The number of fused-ring (bicyclic) bond motifs is 1. The van der Waals surface area contributed by atoms with Crippen molar-refractivity contribution < 1.29 is 0 Å². The predicted octanol–water partition coefficient (Wildman–Crippen LogP) is 5.21. The molecular weight excluding hydrogens is 368 g/mol. The van der Waals surface area contributed by atoms with Crippen LogP contribution >= 0.6 is 11.6 Å². The van der Waals surface area contributed by atoms with Crippen molar-refractivity contribution >= 4 is 11.6 Å². The first-order valence-corrected chi connectivity index (χ1v) is 9.76. The number of hydrogen-bond acceptors (Lipinski definition) is 4. The van der Waals surface area contributed by atoms with Gasteiger partial charge in [0, 0.05) is 10.9 Å². The van der Waals surface area contributed by atoms with Gasteiger partial charge < -0.3 is 5.73 Å². The van der Waals surface area contributed by atoms with Gasteiger partial charge >= 0.3 is 0 Å². The quantitative estimate of drug-likeness (QED) is 0.665. The Balaban J connectivity index is 2.27. The van der Waals surface area contributed by atoms with Gasteiger partial charge in [-0.2, -0.15) is 15.8 Å². The standard InChI is InChI=1S/C23H23ClN4/c1-22(2,3)15-6-9-19-17(10-15)20(14-4-7-16(24)8-5-14)18(11-25)21(28)23(19,12-26)13-27/h4-5,7-9,15,17,20H,6,10,28H2,1-3H3/t15-,17-,20+/m0/s1. The predicted molar refractivity (Wildman–Crippen MR) is 108 cm³/mol. The molecule has 0 aliphatic heterocycles. The van der Waals surface area contributed by atoms with E-state index >= 15 is 0 Å². The second-order valence-corrected chi connectivity index (χ2v) is 9.18. The lowest BCUT2D eigenvalue weighted by atomic mass is 9.55. The Bertz CT molecular complexity index is 960. The number of hydrogen-bond donors (Lipinski definition) is 1. The SMILES string of the molecule is CC(C)(C)[C@H]1CC=C2[C@H](C1)[C@@H](c1ccc(Cl)cc1)C(C#N)=C(N)C2(C#N)C#N. The summed E-state index contributed by atoms with van der Waals surface area (Å²) < 4.78 is 0. The van der Waals surface area contributed by atoms with Crippen LogP contribution in [0.5, 0.6) is 0 Å². The van der Waals surface area contributed by atoms with E-state index in [9.17, 15) is 15.8 Å². The minimum Gasteiger partial charge on any atom is -0.399 e. The zero-order valence-electron chi connectivity index (χ0n) is 16.3. The van der Waals surface area contributed by atoms with Crippen molar-refractivity contribution in [2.75, 3.05) is 0 Å². The molecular formula is C23H23ClN4. The van der Waals surface area contributed by atoms with Crippen molar-refractivity contribution in [3.63, 3.8) is 0 Å². The van der Waals surface area contributed by atoms with E-state index in [1.807, 2.05) is 18.2 Å². The first kappa shape index (κ1) is 20.0. The Kier molecular flexibility index (Phi) is 5.01. The zero-order valence-corrected chi connectivity index (χ0v) is 17.1. The smallest absolute Gasteiger partial charge is 0.204 e. The summed E-state index contributed by atoms with van der Waals surface area (Å²) in [5.74, 6) is -0.0284. The first-order chi connectivity index (χ1) is 13.2. The summed E-state index contributed by atoms with van der Waals surface area (Å²) in [5, 5.41) is 30.4. The molecule has 1 aromatic rings. The van der Waals surface area contributed by atoms with Crippen LogP contribution in [0.3, 0.4) is 0 Å². The van der Waals surface area contributed by atoms with Gasteiger partial charge in [0.1, 0.15) is 0 Å². The molecule has 4 nitrogen and oxygen atoms in total. The Morgan fingerprint density at radius 3 is 2.21 bits per heavy atom. The summed E-state index contributed by atoms with van der Waals surface area (Å²) in [7, 11) is 0. The van der Waals surface area contributed by atoms with Crippen molar-refractivity contribution in [1.29, 1.82) is 15.8 Å². The third-order valence-electron chi connectivity index (χ3n) is 6.31. The molecule has 0 bridgehead atoms. The molecule has 3 rings (SSSR count). The van der Waals surface area contributed by atoms with Gasteiger partial charge in [0.25, 0.3) is 0 Å².